The number of carbonyl (C=O) groups excluding carboxylic acids is 3. The summed E-state index contributed by atoms with van der Waals surface area (Å²) in [4.78, 5) is 41.0. The summed E-state index contributed by atoms with van der Waals surface area (Å²) in [6.45, 7) is 6.12. The van der Waals surface area contributed by atoms with E-state index >= 15 is 0 Å². The average Bonchev–Trinajstić information content (AvgIpc) is 3.46. The molecule has 170 valence electrons. The standard InChI is InChI=1S/C24H30N4O3S/c1-17-4-5-20(13-21(17)28-9-2-3-22(28)29)26-24(31)23(30)25-14-18-6-10-27(11-7-18)15-19-8-12-32-16-19/h4-5,8,12-13,16,18H,2-3,6-7,9-11,14-15H2,1H3,(H,25,30)(H,26,31). The number of benzene rings is 1. The predicted molar refractivity (Wildman–Crippen MR) is 127 cm³/mol. The van der Waals surface area contributed by atoms with Crippen LogP contribution in [-0.4, -0.2) is 48.8 Å². The Morgan fingerprint density at radius 2 is 1.94 bits per heavy atom. The molecule has 0 aliphatic carbocycles. The molecule has 1 aromatic heterocycles. The van der Waals surface area contributed by atoms with Crippen molar-refractivity contribution >= 4 is 40.4 Å². The Morgan fingerprint density at radius 1 is 1.12 bits per heavy atom. The highest BCUT2D eigenvalue weighted by atomic mass is 32.1. The molecular formula is C24H30N4O3S. The van der Waals surface area contributed by atoms with Gasteiger partial charge >= 0.3 is 11.8 Å². The summed E-state index contributed by atoms with van der Waals surface area (Å²) in [5.41, 5.74) is 3.63. The van der Waals surface area contributed by atoms with Gasteiger partial charge in [0.15, 0.2) is 0 Å². The number of nitrogens with zero attached hydrogens (tertiary/aromatic N) is 2. The van der Waals surface area contributed by atoms with Gasteiger partial charge in [0.05, 0.1) is 0 Å². The quantitative estimate of drug-likeness (QED) is 0.657. The van der Waals surface area contributed by atoms with E-state index in [0.29, 0.717) is 31.1 Å². The Kier molecular flexibility index (Phi) is 7.22. The van der Waals surface area contributed by atoms with Crippen LogP contribution in [0.1, 0.15) is 36.8 Å². The second-order valence-corrected chi connectivity index (χ2v) is 9.45. The molecule has 32 heavy (non-hydrogen) atoms. The molecule has 4 rings (SSSR count). The minimum Gasteiger partial charge on any atom is -0.348 e. The highest BCUT2D eigenvalue weighted by Crippen LogP contribution is 2.28. The average molecular weight is 455 g/mol. The Bertz CT molecular complexity index is 968. The van der Waals surface area contributed by atoms with E-state index in [1.165, 1.54) is 5.56 Å². The number of carbonyl (C=O) groups is 3. The van der Waals surface area contributed by atoms with E-state index < -0.39 is 11.8 Å². The molecule has 1 aromatic carbocycles. The van der Waals surface area contributed by atoms with Crippen molar-refractivity contribution in [3.8, 4) is 0 Å². The minimum absolute atomic E-state index is 0.0932. The molecule has 2 fully saturated rings. The first kappa shape index (κ1) is 22.5. The molecule has 0 spiro atoms. The lowest BCUT2D eigenvalue weighted by atomic mass is 9.96. The molecule has 2 aliphatic rings. The van der Waals surface area contributed by atoms with Crippen molar-refractivity contribution in [2.45, 2.75) is 39.2 Å². The van der Waals surface area contributed by atoms with Crippen molar-refractivity contribution in [1.82, 2.24) is 10.2 Å². The van der Waals surface area contributed by atoms with Crippen molar-refractivity contribution in [3.05, 3.63) is 46.2 Å². The first-order chi connectivity index (χ1) is 15.5. The molecule has 0 atom stereocenters. The molecule has 3 amide bonds. The van der Waals surface area contributed by atoms with E-state index in [1.807, 2.05) is 13.0 Å². The summed E-state index contributed by atoms with van der Waals surface area (Å²) in [6.07, 6.45) is 3.41. The predicted octanol–water partition coefficient (Wildman–Crippen LogP) is 3.15. The minimum atomic E-state index is -0.678. The summed E-state index contributed by atoms with van der Waals surface area (Å²) < 4.78 is 0. The molecule has 0 bridgehead atoms. The van der Waals surface area contributed by atoms with Crippen molar-refractivity contribution in [3.63, 3.8) is 0 Å². The van der Waals surface area contributed by atoms with Gasteiger partial charge < -0.3 is 15.5 Å². The van der Waals surface area contributed by atoms with Crippen LogP contribution in [0.4, 0.5) is 11.4 Å². The van der Waals surface area contributed by atoms with Crippen LogP contribution in [-0.2, 0) is 20.9 Å². The molecule has 0 saturated carbocycles. The van der Waals surface area contributed by atoms with Gasteiger partial charge in [-0.3, -0.25) is 19.3 Å². The molecular weight excluding hydrogens is 424 g/mol. The van der Waals surface area contributed by atoms with E-state index in [4.69, 9.17) is 0 Å². The van der Waals surface area contributed by atoms with Crippen LogP contribution in [0, 0.1) is 12.8 Å². The van der Waals surface area contributed by atoms with Crippen molar-refractivity contribution in [1.29, 1.82) is 0 Å². The van der Waals surface area contributed by atoms with E-state index in [2.05, 4.69) is 32.4 Å². The molecule has 0 radical (unpaired) electrons. The number of aryl methyl sites for hydroxylation is 1. The first-order valence-corrected chi connectivity index (χ1v) is 12.2. The highest BCUT2D eigenvalue weighted by molar-refractivity contribution is 7.07. The van der Waals surface area contributed by atoms with Crippen LogP contribution in [0.2, 0.25) is 0 Å². The molecule has 2 aliphatic heterocycles. The number of hydrogen-bond acceptors (Lipinski definition) is 5. The molecule has 2 saturated heterocycles. The zero-order valence-corrected chi connectivity index (χ0v) is 19.2. The van der Waals surface area contributed by atoms with Gasteiger partial charge in [-0.15, -0.1) is 0 Å². The van der Waals surface area contributed by atoms with Crippen molar-refractivity contribution < 1.29 is 14.4 Å². The van der Waals surface area contributed by atoms with Gasteiger partial charge in [-0.25, -0.2) is 0 Å². The van der Waals surface area contributed by atoms with Gasteiger partial charge in [-0.05, 0) is 85.3 Å². The SMILES string of the molecule is Cc1ccc(NC(=O)C(=O)NCC2CCN(Cc3ccsc3)CC2)cc1N1CCCC1=O. The van der Waals surface area contributed by atoms with Gasteiger partial charge in [0, 0.05) is 37.4 Å². The van der Waals surface area contributed by atoms with Crippen LogP contribution in [0.25, 0.3) is 0 Å². The Labute approximate surface area is 192 Å². The number of amides is 3. The van der Waals surface area contributed by atoms with Crippen molar-refractivity contribution in [2.75, 3.05) is 36.4 Å². The fourth-order valence-electron chi connectivity index (χ4n) is 4.38. The number of anilines is 2. The normalized spacial score (nSPS) is 17.5. The molecule has 2 aromatic rings. The van der Waals surface area contributed by atoms with Gasteiger partial charge in [0.25, 0.3) is 0 Å². The van der Waals surface area contributed by atoms with Gasteiger partial charge in [-0.2, -0.15) is 11.3 Å². The lowest BCUT2D eigenvalue weighted by Gasteiger charge is -2.31. The van der Waals surface area contributed by atoms with E-state index in [0.717, 1.165) is 50.1 Å². The fraction of sp³-hybridized carbons (Fsp3) is 0.458. The van der Waals surface area contributed by atoms with Crippen LogP contribution < -0.4 is 15.5 Å². The van der Waals surface area contributed by atoms with Crippen LogP contribution >= 0.6 is 11.3 Å². The fourth-order valence-corrected chi connectivity index (χ4v) is 5.04. The smallest absolute Gasteiger partial charge is 0.313 e. The Hall–Kier alpha value is -2.71. The molecule has 8 heteroatoms. The second kappa shape index (κ2) is 10.3. The zero-order valence-electron chi connectivity index (χ0n) is 18.4. The van der Waals surface area contributed by atoms with E-state index in [9.17, 15) is 14.4 Å². The van der Waals surface area contributed by atoms with E-state index in [-0.39, 0.29) is 5.91 Å². The largest absolute Gasteiger partial charge is 0.348 e. The maximum Gasteiger partial charge on any atom is 0.313 e. The summed E-state index contributed by atoms with van der Waals surface area (Å²) in [6, 6.07) is 7.55. The summed E-state index contributed by atoms with van der Waals surface area (Å²) >= 11 is 1.72. The van der Waals surface area contributed by atoms with Crippen LogP contribution in [0.3, 0.4) is 0 Å². The molecule has 7 nitrogen and oxygen atoms in total. The Morgan fingerprint density at radius 3 is 2.62 bits per heavy atom. The van der Waals surface area contributed by atoms with Gasteiger partial charge in [-0.1, -0.05) is 6.07 Å². The summed E-state index contributed by atoms with van der Waals surface area (Å²) in [5.74, 6) is -0.819. The third-order valence-corrected chi connectivity index (χ3v) is 7.01. The zero-order chi connectivity index (χ0) is 22.5. The third-order valence-electron chi connectivity index (χ3n) is 6.28. The molecule has 0 unspecified atom stereocenters. The lowest BCUT2D eigenvalue weighted by Crippen LogP contribution is -2.41. The van der Waals surface area contributed by atoms with Crippen LogP contribution in [0.15, 0.2) is 35.0 Å². The molecule has 2 N–H and O–H groups in total. The monoisotopic (exact) mass is 454 g/mol. The second-order valence-electron chi connectivity index (χ2n) is 8.67. The Balaban J connectivity index is 1.23. The number of rotatable bonds is 6. The van der Waals surface area contributed by atoms with Gasteiger partial charge in [0.1, 0.15) is 0 Å². The first-order valence-electron chi connectivity index (χ1n) is 11.2. The number of thiophene rings is 1. The maximum absolute atomic E-state index is 12.4. The lowest BCUT2D eigenvalue weighted by molar-refractivity contribution is -0.136. The molecule has 3 heterocycles. The number of likely N-dealkylation sites (tertiary alicyclic amines) is 1. The number of nitrogens with one attached hydrogen (secondary N) is 2. The highest BCUT2D eigenvalue weighted by Gasteiger charge is 2.24. The van der Waals surface area contributed by atoms with E-state index in [1.54, 1.807) is 28.4 Å². The number of hydrogen-bond donors (Lipinski definition) is 2. The maximum atomic E-state index is 12.4. The van der Waals surface area contributed by atoms with Gasteiger partial charge in [0.2, 0.25) is 5.91 Å². The van der Waals surface area contributed by atoms with Crippen molar-refractivity contribution in [2.24, 2.45) is 5.92 Å². The third kappa shape index (κ3) is 5.55. The summed E-state index contributed by atoms with van der Waals surface area (Å²) in [5, 5.41) is 9.75. The number of piperidine rings is 1. The van der Waals surface area contributed by atoms with Crippen LogP contribution in [0.5, 0.6) is 0 Å². The summed E-state index contributed by atoms with van der Waals surface area (Å²) in [7, 11) is 0. The topological polar surface area (TPSA) is 81.8 Å².